The van der Waals surface area contributed by atoms with E-state index in [4.69, 9.17) is 9.63 Å². The van der Waals surface area contributed by atoms with E-state index in [0.29, 0.717) is 24.0 Å². The summed E-state index contributed by atoms with van der Waals surface area (Å²) in [6, 6.07) is 0. The Hall–Kier alpha value is -2.18. The van der Waals surface area contributed by atoms with Crippen LogP contribution in [-0.4, -0.2) is 31.0 Å². The molecule has 0 aliphatic carbocycles. The molecule has 0 atom stereocenters. The van der Waals surface area contributed by atoms with Crippen LogP contribution in [-0.2, 0) is 6.54 Å². The number of carbonyl (C=O) groups is 1. The van der Waals surface area contributed by atoms with Crippen LogP contribution in [0.4, 0.5) is 0 Å². The highest BCUT2D eigenvalue weighted by atomic mass is 16.5. The lowest BCUT2D eigenvalue weighted by Gasteiger charge is -2.00. The number of aromatic nitrogens is 4. The first-order valence-corrected chi connectivity index (χ1v) is 5.57. The van der Waals surface area contributed by atoms with Gasteiger partial charge in [-0.25, -0.2) is 4.79 Å². The highest BCUT2D eigenvalue weighted by Crippen LogP contribution is 2.13. The van der Waals surface area contributed by atoms with E-state index in [1.54, 1.807) is 11.6 Å². The van der Waals surface area contributed by atoms with Gasteiger partial charge in [0.2, 0.25) is 5.89 Å². The Kier molecular flexibility index (Phi) is 3.14. The maximum absolute atomic E-state index is 10.9. The third-order valence-corrected chi connectivity index (χ3v) is 2.60. The second kappa shape index (κ2) is 4.59. The van der Waals surface area contributed by atoms with Gasteiger partial charge in [-0.2, -0.15) is 10.1 Å². The number of hydrogen-bond donors (Lipinski definition) is 1. The fraction of sp³-hybridized carbons (Fsp3) is 0.455. The van der Waals surface area contributed by atoms with Crippen molar-refractivity contribution in [1.82, 2.24) is 19.9 Å². The standard InChI is InChI=1S/C11H14N4O3/c1-6(2)10-13-9(14-18-10)5-15-7(3)8(4-12-15)11(16)17/h4,6H,5H2,1-3H3,(H,16,17). The minimum atomic E-state index is -0.991. The lowest BCUT2D eigenvalue weighted by molar-refractivity contribution is 0.0696. The molecule has 2 aromatic rings. The van der Waals surface area contributed by atoms with Crippen LogP contribution >= 0.6 is 0 Å². The zero-order chi connectivity index (χ0) is 13.3. The van der Waals surface area contributed by atoms with Crippen molar-refractivity contribution >= 4 is 5.97 Å². The van der Waals surface area contributed by atoms with Gasteiger partial charge >= 0.3 is 5.97 Å². The van der Waals surface area contributed by atoms with Crippen LogP contribution in [0.15, 0.2) is 10.7 Å². The van der Waals surface area contributed by atoms with Crippen molar-refractivity contribution in [3.8, 4) is 0 Å². The van der Waals surface area contributed by atoms with E-state index in [0.717, 1.165) is 0 Å². The molecular formula is C11H14N4O3. The van der Waals surface area contributed by atoms with Gasteiger partial charge in [-0.3, -0.25) is 4.68 Å². The molecule has 2 rings (SSSR count). The lowest BCUT2D eigenvalue weighted by Crippen LogP contribution is -2.07. The molecule has 0 radical (unpaired) electrons. The molecule has 0 aromatic carbocycles. The molecule has 0 unspecified atom stereocenters. The number of aromatic carboxylic acids is 1. The Labute approximate surface area is 103 Å². The van der Waals surface area contributed by atoms with Gasteiger partial charge in [-0.1, -0.05) is 19.0 Å². The van der Waals surface area contributed by atoms with Gasteiger partial charge in [0.25, 0.3) is 0 Å². The predicted molar refractivity (Wildman–Crippen MR) is 61.4 cm³/mol. The monoisotopic (exact) mass is 250 g/mol. The van der Waals surface area contributed by atoms with Crippen molar-refractivity contribution in [2.75, 3.05) is 0 Å². The van der Waals surface area contributed by atoms with E-state index in [2.05, 4.69) is 15.2 Å². The number of rotatable bonds is 4. The summed E-state index contributed by atoms with van der Waals surface area (Å²) in [6.07, 6.45) is 1.32. The topological polar surface area (TPSA) is 94.0 Å². The van der Waals surface area contributed by atoms with Crippen LogP contribution in [0, 0.1) is 6.92 Å². The van der Waals surface area contributed by atoms with Crippen LogP contribution in [0.1, 0.15) is 47.5 Å². The summed E-state index contributed by atoms with van der Waals surface area (Å²) >= 11 is 0. The predicted octanol–water partition coefficient (Wildman–Crippen LogP) is 1.44. The normalized spacial score (nSPS) is 11.1. The zero-order valence-corrected chi connectivity index (χ0v) is 10.4. The first-order chi connectivity index (χ1) is 8.49. The summed E-state index contributed by atoms with van der Waals surface area (Å²) in [5.74, 6) is 0.226. The van der Waals surface area contributed by atoms with Crippen LogP contribution in [0.5, 0.6) is 0 Å². The SMILES string of the molecule is Cc1c(C(=O)O)cnn1Cc1noc(C(C)C)n1. The third-order valence-electron chi connectivity index (χ3n) is 2.60. The van der Waals surface area contributed by atoms with Gasteiger partial charge in [0.15, 0.2) is 5.82 Å². The van der Waals surface area contributed by atoms with Crippen LogP contribution in [0.25, 0.3) is 0 Å². The molecule has 0 fully saturated rings. The Bertz CT molecular complexity index is 571. The van der Waals surface area contributed by atoms with Gasteiger partial charge in [0.05, 0.1) is 11.9 Å². The van der Waals surface area contributed by atoms with E-state index in [9.17, 15) is 4.79 Å². The average molecular weight is 250 g/mol. The fourth-order valence-corrected chi connectivity index (χ4v) is 1.52. The van der Waals surface area contributed by atoms with Gasteiger partial charge in [0, 0.05) is 5.92 Å². The van der Waals surface area contributed by atoms with Crippen LogP contribution < -0.4 is 0 Å². The minimum Gasteiger partial charge on any atom is -0.478 e. The molecule has 0 saturated carbocycles. The summed E-state index contributed by atoms with van der Waals surface area (Å²) < 4.78 is 6.61. The van der Waals surface area contributed by atoms with E-state index < -0.39 is 5.97 Å². The maximum Gasteiger partial charge on any atom is 0.339 e. The first kappa shape index (κ1) is 12.3. The molecule has 0 spiro atoms. The Morgan fingerprint density at radius 2 is 2.28 bits per heavy atom. The number of carboxylic acids is 1. The molecule has 18 heavy (non-hydrogen) atoms. The second-order valence-corrected chi connectivity index (χ2v) is 4.31. The molecule has 2 heterocycles. The molecule has 1 N–H and O–H groups in total. The van der Waals surface area contributed by atoms with E-state index in [1.807, 2.05) is 13.8 Å². The van der Waals surface area contributed by atoms with E-state index >= 15 is 0 Å². The van der Waals surface area contributed by atoms with Crippen molar-refractivity contribution in [2.24, 2.45) is 0 Å². The van der Waals surface area contributed by atoms with E-state index in [1.165, 1.54) is 6.20 Å². The molecule has 0 amide bonds. The van der Waals surface area contributed by atoms with Crippen LogP contribution in [0.3, 0.4) is 0 Å². The van der Waals surface area contributed by atoms with Gasteiger partial charge in [-0.05, 0) is 6.92 Å². The highest BCUT2D eigenvalue weighted by molar-refractivity contribution is 5.88. The van der Waals surface area contributed by atoms with Crippen molar-refractivity contribution < 1.29 is 14.4 Å². The quantitative estimate of drug-likeness (QED) is 0.882. The van der Waals surface area contributed by atoms with Crippen molar-refractivity contribution in [1.29, 1.82) is 0 Å². The molecule has 7 nitrogen and oxygen atoms in total. The van der Waals surface area contributed by atoms with Crippen molar-refractivity contribution in [3.63, 3.8) is 0 Å². The first-order valence-electron chi connectivity index (χ1n) is 5.57. The molecule has 96 valence electrons. The van der Waals surface area contributed by atoms with Gasteiger partial charge in [0.1, 0.15) is 12.1 Å². The molecule has 0 saturated heterocycles. The summed E-state index contributed by atoms with van der Waals surface area (Å²) in [5.41, 5.74) is 0.751. The van der Waals surface area contributed by atoms with E-state index in [-0.39, 0.29) is 11.5 Å². The summed E-state index contributed by atoms with van der Waals surface area (Å²) in [6.45, 7) is 5.91. The number of carboxylic acid groups (broad SMARTS) is 1. The third kappa shape index (κ3) is 2.24. The summed E-state index contributed by atoms with van der Waals surface area (Å²) in [4.78, 5) is 15.1. The molecule has 2 aromatic heterocycles. The summed E-state index contributed by atoms with van der Waals surface area (Å²) in [5, 5.41) is 16.8. The molecule has 0 bridgehead atoms. The van der Waals surface area contributed by atoms with Gasteiger partial charge in [-0.15, -0.1) is 0 Å². The molecular weight excluding hydrogens is 236 g/mol. The number of hydrogen-bond acceptors (Lipinski definition) is 5. The highest BCUT2D eigenvalue weighted by Gasteiger charge is 2.15. The Morgan fingerprint density at radius 3 is 2.78 bits per heavy atom. The van der Waals surface area contributed by atoms with Crippen molar-refractivity contribution in [3.05, 3.63) is 29.2 Å². The Balaban J connectivity index is 2.20. The smallest absolute Gasteiger partial charge is 0.339 e. The Morgan fingerprint density at radius 1 is 1.56 bits per heavy atom. The fourth-order valence-electron chi connectivity index (χ4n) is 1.52. The molecule has 0 aliphatic rings. The minimum absolute atomic E-state index is 0.166. The largest absolute Gasteiger partial charge is 0.478 e. The lowest BCUT2D eigenvalue weighted by atomic mass is 10.2. The second-order valence-electron chi connectivity index (χ2n) is 4.31. The average Bonchev–Trinajstić information content (AvgIpc) is 2.87. The molecule has 0 aliphatic heterocycles. The maximum atomic E-state index is 10.9. The van der Waals surface area contributed by atoms with Crippen LogP contribution in [0.2, 0.25) is 0 Å². The number of nitrogens with zero attached hydrogens (tertiary/aromatic N) is 4. The summed E-state index contributed by atoms with van der Waals surface area (Å²) in [7, 11) is 0. The zero-order valence-electron chi connectivity index (χ0n) is 10.4. The molecule has 7 heteroatoms. The van der Waals surface area contributed by atoms with Gasteiger partial charge < -0.3 is 9.63 Å². The van der Waals surface area contributed by atoms with Crippen molar-refractivity contribution in [2.45, 2.75) is 33.2 Å².